The normalized spacial score (nSPS) is 12.1. The molecule has 0 amide bonds. The van der Waals surface area contributed by atoms with Crippen LogP contribution in [-0.2, 0) is 0 Å². The molecule has 2 aromatic carbocycles. The Morgan fingerprint density at radius 3 is 2.43 bits per heavy atom. The Balaban J connectivity index is 2.52. The molecule has 0 unspecified atom stereocenters. The maximum absolute atomic E-state index is 13.9. The van der Waals surface area contributed by atoms with Crippen LogP contribution in [-0.4, -0.2) is 12.1 Å². The number of nitrogens with zero attached hydrogens (tertiary/aromatic N) is 2. The maximum atomic E-state index is 13.9. The fraction of sp³-hybridized carbons (Fsp3) is 0.211. The summed E-state index contributed by atoms with van der Waals surface area (Å²) in [7, 11) is 0. The first-order valence-corrected chi connectivity index (χ1v) is 8.43. The summed E-state index contributed by atoms with van der Waals surface area (Å²) in [4.78, 5) is 0. The van der Waals surface area contributed by atoms with E-state index in [0.29, 0.717) is 23.9 Å². The highest BCUT2D eigenvalue weighted by Gasteiger charge is 2.31. The van der Waals surface area contributed by atoms with Crippen LogP contribution >= 0.6 is 11.6 Å². The highest BCUT2D eigenvalue weighted by atomic mass is 35.5. The van der Waals surface area contributed by atoms with Crippen LogP contribution in [0.3, 0.4) is 0 Å². The maximum Gasteiger partial charge on any atom is 0.573 e. The van der Waals surface area contributed by atoms with E-state index in [2.05, 4.69) is 16.4 Å². The molecule has 0 saturated carbocycles. The molecule has 0 aliphatic carbocycles. The second-order valence-corrected chi connectivity index (χ2v) is 6.18. The van der Waals surface area contributed by atoms with Gasteiger partial charge in [-0.2, -0.15) is 5.10 Å². The van der Waals surface area contributed by atoms with E-state index in [-0.39, 0.29) is 16.3 Å². The van der Waals surface area contributed by atoms with E-state index in [9.17, 15) is 22.0 Å². The van der Waals surface area contributed by atoms with E-state index >= 15 is 0 Å². The Labute approximate surface area is 163 Å². The van der Waals surface area contributed by atoms with Gasteiger partial charge >= 0.3 is 6.36 Å². The van der Waals surface area contributed by atoms with Crippen molar-refractivity contribution >= 4 is 28.7 Å². The van der Waals surface area contributed by atoms with Gasteiger partial charge in [0, 0.05) is 17.3 Å². The van der Waals surface area contributed by atoms with E-state index in [0.717, 1.165) is 18.2 Å². The van der Waals surface area contributed by atoms with Gasteiger partial charge in [-0.1, -0.05) is 25.1 Å². The molecule has 9 heteroatoms. The van der Waals surface area contributed by atoms with Gasteiger partial charge in [-0.3, -0.25) is 0 Å². The topological polar surface area (TPSA) is 24.8 Å². The molecule has 0 N–H and O–H groups in total. The molecule has 0 spiro atoms. The standard InChI is InChI=1S/C19H16ClF5N2O/c1-4-11(2)26-27(15-5-6-18(22)17(20)10-15)12(3)13-7-14(21)9-16(8-13)28-19(23,24)25/h5-10H,3-4H2,1-2H3. The zero-order valence-corrected chi connectivity index (χ0v) is 15.7. The third-order valence-corrected chi connectivity index (χ3v) is 3.91. The zero-order valence-electron chi connectivity index (χ0n) is 14.9. The Kier molecular flexibility index (Phi) is 6.66. The van der Waals surface area contributed by atoms with Crippen molar-refractivity contribution in [1.29, 1.82) is 0 Å². The molecule has 0 heterocycles. The lowest BCUT2D eigenvalue weighted by Crippen LogP contribution is -2.18. The van der Waals surface area contributed by atoms with Crippen LogP contribution in [0.4, 0.5) is 27.6 Å². The van der Waals surface area contributed by atoms with Gasteiger partial charge in [0.25, 0.3) is 0 Å². The van der Waals surface area contributed by atoms with E-state index in [1.54, 1.807) is 6.92 Å². The molecular weight excluding hydrogens is 403 g/mol. The lowest BCUT2D eigenvalue weighted by Gasteiger charge is -2.23. The number of anilines is 1. The summed E-state index contributed by atoms with van der Waals surface area (Å²) in [6.07, 6.45) is -4.42. The van der Waals surface area contributed by atoms with E-state index < -0.39 is 23.7 Å². The molecule has 0 atom stereocenters. The van der Waals surface area contributed by atoms with Crippen LogP contribution in [0.25, 0.3) is 5.70 Å². The molecule has 2 rings (SSSR count). The molecule has 0 bridgehead atoms. The summed E-state index contributed by atoms with van der Waals surface area (Å²) in [5.41, 5.74) is 0.978. The van der Waals surface area contributed by atoms with Crippen molar-refractivity contribution in [1.82, 2.24) is 0 Å². The van der Waals surface area contributed by atoms with Crippen molar-refractivity contribution in [2.45, 2.75) is 26.6 Å². The van der Waals surface area contributed by atoms with Gasteiger partial charge in [-0.05, 0) is 43.7 Å². The van der Waals surface area contributed by atoms with E-state index in [1.807, 2.05) is 6.92 Å². The van der Waals surface area contributed by atoms with Crippen molar-refractivity contribution in [3.05, 3.63) is 65.2 Å². The van der Waals surface area contributed by atoms with Gasteiger partial charge < -0.3 is 4.74 Å². The molecule has 0 aliphatic heterocycles. The largest absolute Gasteiger partial charge is 0.573 e. The lowest BCUT2D eigenvalue weighted by atomic mass is 10.1. The summed E-state index contributed by atoms with van der Waals surface area (Å²) in [5, 5.41) is 5.40. The van der Waals surface area contributed by atoms with Crippen molar-refractivity contribution in [3.63, 3.8) is 0 Å². The first kappa shape index (κ1) is 21.7. The quantitative estimate of drug-likeness (QED) is 0.293. The van der Waals surface area contributed by atoms with Crippen molar-refractivity contribution in [2.75, 3.05) is 5.01 Å². The van der Waals surface area contributed by atoms with Crippen molar-refractivity contribution < 1.29 is 26.7 Å². The number of rotatable bonds is 6. The fourth-order valence-corrected chi connectivity index (χ4v) is 2.35. The van der Waals surface area contributed by atoms with Gasteiger partial charge in [0.2, 0.25) is 0 Å². The SMILES string of the molecule is C=C(c1cc(F)cc(OC(F)(F)F)c1)N(N=C(C)CC)c1ccc(F)c(Cl)c1. The van der Waals surface area contributed by atoms with Crippen molar-refractivity contribution in [3.8, 4) is 5.75 Å². The van der Waals surface area contributed by atoms with Crippen LogP contribution < -0.4 is 9.75 Å². The van der Waals surface area contributed by atoms with Gasteiger partial charge in [0.05, 0.1) is 16.4 Å². The van der Waals surface area contributed by atoms with Gasteiger partial charge in [-0.15, -0.1) is 13.2 Å². The Morgan fingerprint density at radius 2 is 1.86 bits per heavy atom. The molecule has 3 nitrogen and oxygen atoms in total. The lowest BCUT2D eigenvalue weighted by molar-refractivity contribution is -0.274. The zero-order chi connectivity index (χ0) is 21.1. The van der Waals surface area contributed by atoms with Crippen LogP contribution in [0, 0.1) is 11.6 Å². The third kappa shape index (κ3) is 5.69. The number of hydrazone groups is 1. The number of ether oxygens (including phenoxy) is 1. The molecule has 2 aromatic rings. The minimum atomic E-state index is -4.98. The molecule has 0 saturated heterocycles. The Hall–Kier alpha value is -2.61. The number of halogens is 6. The smallest absolute Gasteiger partial charge is 0.406 e. The minimum Gasteiger partial charge on any atom is -0.406 e. The molecule has 28 heavy (non-hydrogen) atoms. The number of hydrogen-bond acceptors (Lipinski definition) is 3. The van der Waals surface area contributed by atoms with Crippen molar-refractivity contribution in [2.24, 2.45) is 5.10 Å². The average Bonchev–Trinajstić information content (AvgIpc) is 2.59. The Morgan fingerprint density at radius 1 is 1.18 bits per heavy atom. The number of hydrogen-bond donors (Lipinski definition) is 0. The second kappa shape index (κ2) is 8.60. The van der Waals surface area contributed by atoms with Gasteiger partial charge in [0.15, 0.2) is 0 Å². The Bertz CT molecular complexity index is 912. The molecule has 0 radical (unpaired) electrons. The average molecular weight is 419 g/mol. The first-order valence-electron chi connectivity index (χ1n) is 8.05. The summed E-state index contributed by atoms with van der Waals surface area (Å²) in [6, 6.07) is 6.32. The number of alkyl halides is 3. The molecule has 0 fully saturated rings. The van der Waals surface area contributed by atoms with E-state index in [1.165, 1.54) is 17.1 Å². The number of benzene rings is 2. The third-order valence-electron chi connectivity index (χ3n) is 3.62. The van der Waals surface area contributed by atoms with Gasteiger partial charge in [-0.25, -0.2) is 13.8 Å². The second-order valence-electron chi connectivity index (χ2n) is 5.77. The molecule has 0 aromatic heterocycles. The summed E-state index contributed by atoms with van der Waals surface area (Å²) in [5.74, 6) is -2.35. The molecule has 0 aliphatic rings. The monoisotopic (exact) mass is 418 g/mol. The summed E-state index contributed by atoms with van der Waals surface area (Å²) in [6.45, 7) is 7.36. The minimum absolute atomic E-state index is 0.00708. The predicted octanol–water partition coefficient (Wildman–Crippen LogP) is 6.78. The molecule has 150 valence electrons. The summed E-state index contributed by atoms with van der Waals surface area (Å²) < 4.78 is 68.6. The predicted molar refractivity (Wildman–Crippen MR) is 99.4 cm³/mol. The highest BCUT2D eigenvalue weighted by molar-refractivity contribution is 6.31. The van der Waals surface area contributed by atoms with Crippen LogP contribution in [0.15, 0.2) is 48.1 Å². The fourth-order valence-electron chi connectivity index (χ4n) is 2.18. The summed E-state index contributed by atoms with van der Waals surface area (Å²) >= 11 is 5.82. The van der Waals surface area contributed by atoms with Crippen LogP contribution in [0.5, 0.6) is 5.75 Å². The van der Waals surface area contributed by atoms with Crippen LogP contribution in [0.1, 0.15) is 25.8 Å². The van der Waals surface area contributed by atoms with E-state index in [4.69, 9.17) is 11.6 Å². The van der Waals surface area contributed by atoms with Crippen LogP contribution in [0.2, 0.25) is 5.02 Å². The molecular formula is C19H16ClF5N2O. The van der Waals surface area contributed by atoms with Gasteiger partial charge in [0.1, 0.15) is 17.4 Å². The first-order chi connectivity index (χ1) is 13.0. The highest BCUT2D eigenvalue weighted by Crippen LogP contribution is 2.32.